The Morgan fingerprint density at radius 2 is 1.50 bits per heavy atom. The molecule has 0 N–H and O–H groups in total. The van der Waals surface area contributed by atoms with Crippen molar-refractivity contribution in [3.8, 4) is 5.75 Å². The highest BCUT2D eigenvalue weighted by molar-refractivity contribution is 8.03. The summed E-state index contributed by atoms with van der Waals surface area (Å²) in [6, 6.07) is 23.1. The number of rotatable bonds is 7. The molecule has 0 saturated carbocycles. The van der Waals surface area contributed by atoms with Crippen LogP contribution in [-0.4, -0.2) is 18.4 Å². The third kappa shape index (κ3) is 4.48. The molecular weight excluding hydrogens is 418 g/mol. The van der Waals surface area contributed by atoms with Gasteiger partial charge in [-0.05, 0) is 67.3 Å². The minimum absolute atomic E-state index is 0.273. The van der Waals surface area contributed by atoms with E-state index in [4.69, 9.17) is 4.74 Å². The number of benzene rings is 3. The predicted molar refractivity (Wildman–Crippen MR) is 131 cm³/mol. The quantitative estimate of drug-likeness (QED) is 0.425. The first-order valence-corrected chi connectivity index (χ1v) is 11.6. The number of nitrogens with zero attached hydrogens (tertiary/aromatic N) is 1. The Kier molecular flexibility index (Phi) is 6.47. The molecule has 0 atom stereocenters. The Hall–Kier alpha value is -3.31. The van der Waals surface area contributed by atoms with E-state index in [0.717, 1.165) is 22.4 Å². The van der Waals surface area contributed by atoms with Crippen LogP contribution in [0.2, 0.25) is 0 Å². The van der Waals surface area contributed by atoms with Gasteiger partial charge in [-0.15, -0.1) is 11.8 Å². The molecule has 5 heteroatoms. The third-order valence-corrected chi connectivity index (χ3v) is 6.33. The SMILES string of the molecule is CCOc1ccc(C2=C(SCc3ccccc3)C(=O)N(c3cc(C)cc(C)c3)C2=O)cc1. The lowest BCUT2D eigenvalue weighted by molar-refractivity contribution is -0.119. The highest BCUT2D eigenvalue weighted by Crippen LogP contribution is 2.40. The van der Waals surface area contributed by atoms with Crippen LogP contribution in [-0.2, 0) is 15.3 Å². The summed E-state index contributed by atoms with van der Waals surface area (Å²) in [7, 11) is 0. The average molecular weight is 444 g/mol. The van der Waals surface area contributed by atoms with Crippen LogP contribution < -0.4 is 9.64 Å². The molecule has 0 saturated heterocycles. The van der Waals surface area contributed by atoms with Gasteiger partial charge in [0.1, 0.15) is 5.75 Å². The summed E-state index contributed by atoms with van der Waals surface area (Å²) >= 11 is 1.41. The van der Waals surface area contributed by atoms with Crippen LogP contribution in [0.25, 0.3) is 5.57 Å². The Morgan fingerprint density at radius 3 is 2.12 bits per heavy atom. The second kappa shape index (κ2) is 9.45. The second-order valence-electron chi connectivity index (χ2n) is 7.73. The number of ether oxygens (including phenoxy) is 1. The molecule has 0 aromatic heterocycles. The number of carbonyl (C=O) groups is 2. The molecule has 4 nitrogen and oxygen atoms in total. The maximum Gasteiger partial charge on any atom is 0.272 e. The summed E-state index contributed by atoms with van der Waals surface area (Å²) in [6.07, 6.45) is 0. The summed E-state index contributed by atoms with van der Waals surface area (Å²) in [6.45, 7) is 6.43. The first-order valence-electron chi connectivity index (χ1n) is 10.6. The monoisotopic (exact) mass is 443 g/mol. The van der Waals surface area contributed by atoms with Crippen LogP contribution in [0.1, 0.15) is 29.2 Å². The van der Waals surface area contributed by atoms with Gasteiger partial charge in [0, 0.05) is 5.75 Å². The van der Waals surface area contributed by atoms with E-state index in [1.165, 1.54) is 16.7 Å². The number of amides is 2. The molecule has 0 radical (unpaired) electrons. The zero-order valence-corrected chi connectivity index (χ0v) is 19.2. The molecule has 1 aliphatic rings. The normalized spacial score (nSPS) is 13.8. The van der Waals surface area contributed by atoms with Crippen molar-refractivity contribution in [2.45, 2.75) is 26.5 Å². The maximum atomic E-state index is 13.6. The zero-order valence-electron chi connectivity index (χ0n) is 18.4. The number of anilines is 1. The number of aryl methyl sites for hydroxylation is 2. The van der Waals surface area contributed by atoms with Gasteiger partial charge in [-0.1, -0.05) is 48.5 Å². The lowest BCUT2D eigenvalue weighted by Gasteiger charge is -2.17. The summed E-state index contributed by atoms with van der Waals surface area (Å²) < 4.78 is 5.54. The zero-order chi connectivity index (χ0) is 22.7. The fourth-order valence-corrected chi connectivity index (χ4v) is 4.89. The van der Waals surface area contributed by atoms with Gasteiger partial charge < -0.3 is 4.74 Å². The van der Waals surface area contributed by atoms with Crippen LogP contribution in [0, 0.1) is 13.8 Å². The largest absolute Gasteiger partial charge is 0.494 e. The fourth-order valence-electron chi connectivity index (χ4n) is 3.83. The standard InChI is InChI=1S/C27H25NO3S/c1-4-31-23-12-10-21(11-13-23)24-25(32-17-20-8-6-5-7-9-20)27(30)28(26(24)29)22-15-18(2)14-19(3)16-22/h5-16H,4,17H2,1-3H3. The molecule has 3 aromatic carbocycles. The van der Waals surface area contributed by atoms with E-state index < -0.39 is 0 Å². The summed E-state index contributed by atoms with van der Waals surface area (Å²) in [5.74, 6) is 0.777. The molecule has 1 heterocycles. The van der Waals surface area contributed by atoms with Crippen molar-refractivity contribution in [3.05, 3.63) is 100.0 Å². The summed E-state index contributed by atoms with van der Waals surface area (Å²) in [5.41, 5.74) is 4.88. The minimum Gasteiger partial charge on any atom is -0.494 e. The Labute approximate surface area is 192 Å². The smallest absolute Gasteiger partial charge is 0.272 e. The molecule has 4 rings (SSSR count). The second-order valence-corrected chi connectivity index (χ2v) is 8.71. The van der Waals surface area contributed by atoms with E-state index in [1.54, 1.807) is 0 Å². The van der Waals surface area contributed by atoms with Gasteiger partial charge in [0.25, 0.3) is 11.8 Å². The molecule has 0 fully saturated rings. The highest BCUT2D eigenvalue weighted by Gasteiger charge is 2.40. The van der Waals surface area contributed by atoms with E-state index in [-0.39, 0.29) is 11.8 Å². The van der Waals surface area contributed by atoms with E-state index in [9.17, 15) is 9.59 Å². The van der Waals surface area contributed by atoms with Gasteiger partial charge in [-0.25, -0.2) is 4.90 Å². The van der Waals surface area contributed by atoms with Crippen molar-refractivity contribution in [2.24, 2.45) is 0 Å². The first-order chi connectivity index (χ1) is 15.5. The van der Waals surface area contributed by atoms with Crippen molar-refractivity contribution in [2.75, 3.05) is 11.5 Å². The topological polar surface area (TPSA) is 46.6 Å². The molecule has 0 spiro atoms. The Morgan fingerprint density at radius 1 is 0.844 bits per heavy atom. The highest BCUT2D eigenvalue weighted by atomic mass is 32.2. The third-order valence-electron chi connectivity index (χ3n) is 5.19. The number of hydrogen-bond acceptors (Lipinski definition) is 4. The number of imide groups is 1. The van der Waals surface area contributed by atoms with Crippen molar-refractivity contribution >= 4 is 34.8 Å². The van der Waals surface area contributed by atoms with Crippen LogP contribution in [0.3, 0.4) is 0 Å². The van der Waals surface area contributed by atoms with Crippen molar-refractivity contribution in [1.29, 1.82) is 0 Å². The van der Waals surface area contributed by atoms with Crippen molar-refractivity contribution < 1.29 is 14.3 Å². The number of thioether (sulfide) groups is 1. The maximum absolute atomic E-state index is 13.6. The molecule has 0 aliphatic carbocycles. The predicted octanol–water partition coefficient (Wildman–Crippen LogP) is 5.92. The molecule has 162 valence electrons. The fraction of sp³-hybridized carbons (Fsp3) is 0.185. The number of hydrogen-bond donors (Lipinski definition) is 0. The molecule has 1 aliphatic heterocycles. The summed E-state index contributed by atoms with van der Waals surface area (Å²) in [4.78, 5) is 28.9. The van der Waals surface area contributed by atoms with Gasteiger partial charge in [-0.2, -0.15) is 0 Å². The van der Waals surface area contributed by atoms with Crippen molar-refractivity contribution in [3.63, 3.8) is 0 Å². The molecule has 2 amide bonds. The van der Waals surface area contributed by atoms with Crippen LogP contribution in [0.4, 0.5) is 5.69 Å². The number of carbonyl (C=O) groups excluding carboxylic acids is 2. The molecule has 32 heavy (non-hydrogen) atoms. The molecule has 3 aromatic rings. The molecule has 0 bridgehead atoms. The Bertz CT molecular complexity index is 1160. The van der Waals surface area contributed by atoms with E-state index in [0.29, 0.717) is 34.1 Å². The van der Waals surface area contributed by atoms with Gasteiger partial charge in [-0.3, -0.25) is 9.59 Å². The van der Waals surface area contributed by atoms with Gasteiger partial charge in [0.15, 0.2) is 0 Å². The van der Waals surface area contributed by atoms with E-state index >= 15 is 0 Å². The van der Waals surface area contributed by atoms with E-state index in [1.807, 2.05) is 93.6 Å². The van der Waals surface area contributed by atoms with Crippen LogP contribution >= 0.6 is 11.8 Å². The van der Waals surface area contributed by atoms with Crippen molar-refractivity contribution in [1.82, 2.24) is 0 Å². The molecular formula is C27H25NO3S. The van der Waals surface area contributed by atoms with Crippen LogP contribution in [0.5, 0.6) is 5.75 Å². The van der Waals surface area contributed by atoms with Gasteiger partial charge >= 0.3 is 0 Å². The summed E-state index contributed by atoms with van der Waals surface area (Å²) in [5, 5.41) is 0. The van der Waals surface area contributed by atoms with Gasteiger partial charge in [0.2, 0.25) is 0 Å². The molecule has 0 unspecified atom stereocenters. The lowest BCUT2D eigenvalue weighted by Crippen LogP contribution is -2.31. The average Bonchev–Trinajstić information content (AvgIpc) is 3.02. The minimum atomic E-state index is -0.292. The van der Waals surface area contributed by atoms with Crippen LogP contribution in [0.15, 0.2) is 77.7 Å². The first kappa shape index (κ1) is 21.9. The lowest BCUT2D eigenvalue weighted by atomic mass is 10.1. The van der Waals surface area contributed by atoms with Gasteiger partial charge in [0.05, 0.1) is 22.8 Å². The Balaban J connectivity index is 1.74. The van der Waals surface area contributed by atoms with E-state index in [2.05, 4.69) is 0 Å².